The van der Waals surface area contributed by atoms with E-state index in [0.29, 0.717) is 41.6 Å². The van der Waals surface area contributed by atoms with Gasteiger partial charge in [-0.05, 0) is 63.4 Å². The Labute approximate surface area is 287 Å². The maximum Gasteiger partial charge on any atom is 0.270 e. The molecule has 16 heteroatoms. The molecule has 3 heterocycles. The van der Waals surface area contributed by atoms with Crippen LogP contribution in [0.2, 0.25) is 0 Å². The maximum atomic E-state index is 15.7. The van der Waals surface area contributed by atoms with Crippen LogP contribution < -0.4 is 15.4 Å². The molecule has 1 aliphatic heterocycles. The van der Waals surface area contributed by atoms with Crippen LogP contribution in [0.3, 0.4) is 0 Å². The highest BCUT2D eigenvalue weighted by atomic mass is 32.2. The van der Waals surface area contributed by atoms with Crippen LogP contribution in [0.4, 0.5) is 10.1 Å². The van der Waals surface area contributed by atoms with Crippen molar-refractivity contribution in [3.8, 4) is 0 Å². The van der Waals surface area contributed by atoms with E-state index in [4.69, 9.17) is 0 Å². The maximum absolute atomic E-state index is 15.7. The standard InChI is InChI=1S/C32H44FN9O4S2/c1-20(2)42-26(12-13-35-42)30(43)37-29(22-8-6-5-7-9-22)31(44)36-25-11-10-23(18-24(25)33)21(3)28(38-48(46)27-19-34-39-47-27)32(45)41-16-14-40(4)15-17-41/h10-13,18-22,28-29,38H,5-9,14-17H2,1-4H3,(H,36,44)(H,37,43)/t21-,28+,29-,48?/m0/s1. The van der Waals surface area contributed by atoms with E-state index < -0.39 is 47.0 Å². The van der Waals surface area contributed by atoms with Crippen LogP contribution in [-0.2, 0) is 21.0 Å². The minimum atomic E-state index is -1.76. The molecule has 0 radical (unpaired) electrons. The van der Waals surface area contributed by atoms with E-state index in [-0.39, 0.29) is 23.6 Å². The second-order valence-corrected chi connectivity index (χ2v) is 15.1. The number of halogens is 1. The van der Waals surface area contributed by atoms with Crippen LogP contribution >= 0.6 is 11.5 Å². The van der Waals surface area contributed by atoms with E-state index in [2.05, 4.69) is 34.9 Å². The molecule has 1 unspecified atom stereocenters. The summed E-state index contributed by atoms with van der Waals surface area (Å²) in [6.07, 6.45) is 7.44. The number of nitrogens with zero attached hydrogens (tertiary/aromatic N) is 6. The zero-order chi connectivity index (χ0) is 34.4. The third kappa shape index (κ3) is 8.58. The molecule has 1 saturated carbocycles. The fourth-order valence-electron chi connectivity index (χ4n) is 6.31. The second-order valence-electron chi connectivity index (χ2n) is 12.9. The predicted octanol–water partition coefficient (Wildman–Crippen LogP) is 3.33. The molecule has 1 saturated heterocycles. The Bertz CT molecular complexity index is 1540. The Hall–Kier alpha value is -3.44. The fourth-order valence-corrected chi connectivity index (χ4v) is 7.89. The number of piperazine rings is 1. The summed E-state index contributed by atoms with van der Waals surface area (Å²) in [6, 6.07) is 4.19. The molecule has 260 valence electrons. The Morgan fingerprint density at radius 3 is 2.44 bits per heavy atom. The van der Waals surface area contributed by atoms with Crippen molar-refractivity contribution in [3.63, 3.8) is 0 Å². The average molecular weight is 702 g/mol. The van der Waals surface area contributed by atoms with Crippen LogP contribution in [0.25, 0.3) is 0 Å². The minimum absolute atomic E-state index is 0.0348. The van der Waals surface area contributed by atoms with Crippen molar-refractivity contribution in [2.24, 2.45) is 5.92 Å². The number of anilines is 1. The number of benzene rings is 1. The zero-order valence-electron chi connectivity index (χ0n) is 27.7. The number of carbonyl (C=O) groups is 3. The smallest absolute Gasteiger partial charge is 0.270 e. The summed E-state index contributed by atoms with van der Waals surface area (Å²) in [5, 5.41) is 13.6. The summed E-state index contributed by atoms with van der Waals surface area (Å²) in [6.45, 7) is 8.07. The normalized spacial score (nSPS) is 18.7. The first-order valence-corrected chi connectivity index (χ1v) is 18.3. The molecule has 4 atom stereocenters. The van der Waals surface area contributed by atoms with Crippen LogP contribution in [0.1, 0.15) is 80.9 Å². The third-order valence-corrected chi connectivity index (χ3v) is 11.3. The second kappa shape index (κ2) is 16.3. The van der Waals surface area contributed by atoms with Gasteiger partial charge in [0.25, 0.3) is 10.1 Å². The number of hydrogen-bond acceptors (Lipinski definition) is 10. The lowest BCUT2D eigenvalue weighted by atomic mass is 9.83. The number of carbonyl (C=O) groups excluding carboxylic acids is 3. The van der Waals surface area contributed by atoms with Crippen molar-refractivity contribution in [1.82, 2.24) is 39.2 Å². The number of nitrogens with one attached hydrogen (secondary N) is 3. The molecule has 2 fully saturated rings. The number of likely N-dealkylation sites (N-methyl/N-ethyl adjacent to an activating group) is 1. The molecule has 1 aliphatic carbocycles. The van der Waals surface area contributed by atoms with E-state index in [0.717, 1.165) is 43.6 Å². The molecule has 2 aliphatic rings. The highest BCUT2D eigenvalue weighted by Gasteiger charge is 2.37. The lowest BCUT2D eigenvalue weighted by Gasteiger charge is -2.36. The van der Waals surface area contributed by atoms with Gasteiger partial charge >= 0.3 is 0 Å². The van der Waals surface area contributed by atoms with E-state index in [1.807, 2.05) is 20.9 Å². The van der Waals surface area contributed by atoms with Gasteiger partial charge in [0.15, 0.2) is 0 Å². The molecule has 48 heavy (non-hydrogen) atoms. The first kappa shape index (κ1) is 35.9. The van der Waals surface area contributed by atoms with E-state index in [1.54, 1.807) is 34.8 Å². The van der Waals surface area contributed by atoms with Crippen LogP contribution in [0.15, 0.2) is 40.9 Å². The van der Waals surface area contributed by atoms with Crippen molar-refractivity contribution < 1.29 is 23.3 Å². The Morgan fingerprint density at radius 1 is 1.06 bits per heavy atom. The first-order chi connectivity index (χ1) is 23.0. The molecule has 3 N–H and O–H groups in total. The van der Waals surface area contributed by atoms with Crippen LogP contribution in [0.5, 0.6) is 0 Å². The van der Waals surface area contributed by atoms with Crippen molar-refractivity contribution in [1.29, 1.82) is 0 Å². The highest BCUT2D eigenvalue weighted by Crippen LogP contribution is 2.30. The molecule has 0 bridgehead atoms. The van der Waals surface area contributed by atoms with Gasteiger partial charge in [0.05, 0.1) is 17.0 Å². The molecule has 3 aromatic rings. The first-order valence-electron chi connectivity index (χ1n) is 16.4. The van der Waals surface area contributed by atoms with E-state index in [1.165, 1.54) is 18.3 Å². The molecule has 13 nitrogen and oxygen atoms in total. The van der Waals surface area contributed by atoms with Gasteiger partial charge in [0.2, 0.25) is 11.8 Å². The average Bonchev–Trinajstić information content (AvgIpc) is 3.81. The number of rotatable bonds is 12. The van der Waals surface area contributed by atoms with Crippen molar-refractivity contribution >= 4 is 46.3 Å². The fraction of sp³-hybridized carbons (Fsp3) is 0.562. The van der Waals surface area contributed by atoms with Gasteiger partial charge in [-0.25, -0.2) is 4.39 Å². The summed E-state index contributed by atoms with van der Waals surface area (Å²) >= 11 is -0.791. The van der Waals surface area contributed by atoms with E-state index in [9.17, 15) is 18.9 Å². The van der Waals surface area contributed by atoms with Gasteiger partial charge < -0.3 is 25.0 Å². The van der Waals surface area contributed by atoms with Crippen molar-refractivity contribution in [2.45, 2.75) is 81.1 Å². The number of hydrogen-bond donors (Lipinski definition) is 3. The highest BCUT2D eigenvalue weighted by molar-refractivity contribution is 7.91. The SMILES string of the molecule is CC(C)n1nccc1C(=O)N[C@H](C(=O)Nc1ccc([C@H](C)[C@@H](N[S+]([O-])c2cnns2)C(=O)N2CCN(C)CC2)cc1F)C1CCCCC1. The summed E-state index contributed by atoms with van der Waals surface area (Å²) in [7, 11) is 1.99. The Balaban J connectivity index is 1.33. The third-order valence-electron chi connectivity index (χ3n) is 9.20. The van der Waals surface area contributed by atoms with Crippen LogP contribution in [-0.4, -0.2) is 96.8 Å². The number of amides is 3. The van der Waals surface area contributed by atoms with Gasteiger partial charge in [-0.3, -0.25) is 19.1 Å². The largest absolute Gasteiger partial charge is 0.592 e. The predicted molar refractivity (Wildman–Crippen MR) is 181 cm³/mol. The quantitative estimate of drug-likeness (QED) is 0.241. The molecular formula is C32H44FN9O4S2. The van der Waals surface area contributed by atoms with Crippen LogP contribution in [0, 0.1) is 11.7 Å². The summed E-state index contributed by atoms with van der Waals surface area (Å²) in [5.74, 6) is -2.50. The molecular weight excluding hydrogens is 658 g/mol. The van der Waals surface area contributed by atoms with Gasteiger partial charge in [-0.15, -0.1) is 9.82 Å². The van der Waals surface area contributed by atoms with Gasteiger partial charge in [0.1, 0.15) is 29.8 Å². The summed E-state index contributed by atoms with van der Waals surface area (Å²) in [4.78, 5) is 44.7. The Kier molecular flexibility index (Phi) is 12.2. The molecule has 2 aromatic heterocycles. The zero-order valence-corrected chi connectivity index (χ0v) is 29.4. The number of aromatic nitrogens is 4. The van der Waals surface area contributed by atoms with Gasteiger partial charge in [-0.1, -0.05) is 36.7 Å². The molecule has 0 spiro atoms. The van der Waals surface area contributed by atoms with Gasteiger partial charge in [0, 0.05) is 55.9 Å². The lowest BCUT2D eigenvalue weighted by Crippen LogP contribution is -2.55. The molecule has 3 amide bonds. The Morgan fingerprint density at radius 2 is 1.79 bits per heavy atom. The topological polar surface area (TPSA) is 160 Å². The minimum Gasteiger partial charge on any atom is -0.592 e. The lowest BCUT2D eigenvalue weighted by molar-refractivity contribution is -0.135. The molecule has 5 rings (SSSR count). The monoisotopic (exact) mass is 701 g/mol. The van der Waals surface area contributed by atoms with Crippen molar-refractivity contribution in [2.75, 3.05) is 38.5 Å². The van der Waals surface area contributed by atoms with Crippen molar-refractivity contribution in [3.05, 3.63) is 53.7 Å². The molecule has 1 aromatic carbocycles. The summed E-state index contributed by atoms with van der Waals surface area (Å²) < 4.78 is 37.6. The summed E-state index contributed by atoms with van der Waals surface area (Å²) in [5.41, 5.74) is 0.807. The van der Waals surface area contributed by atoms with Gasteiger partial charge in [-0.2, -0.15) is 5.10 Å². The van der Waals surface area contributed by atoms with E-state index >= 15 is 4.39 Å².